The molecule has 0 fully saturated rings. The lowest BCUT2D eigenvalue weighted by atomic mass is 10.2. The van der Waals surface area contributed by atoms with Crippen LogP contribution in [-0.2, 0) is 5.75 Å². The van der Waals surface area contributed by atoms with E-state index >= 15 is 0 Å². The molecule has 0 aliphatic heterocycles. The number of thioether (sulfide) groups is 1. The normalized spacial score (nSPS) is 9.57. The number of nitrogens with one attached hydrogen (secondary N) is 1. The quantitative estimate of drug-likeness (QED) is 0.605. The molecule has 2 rings (SSSR count). The third-order valence-corrected chi connectivity index (χ3v) is 4.33. The maximum Gasteiger partial charge on any atom is 0.145 e. The largest absolute Gasteiger partial charge is 0.359 e. The van der Waals surface area contributed by atoms with Gasteiger partial charge in [-0.25, -0.2) is 4.39 Å². The Morgan fingerprint density at radius 1 is 1.17 bits per heavy atom. The van der Waals surface area contributed by atoms with Crippen molar-refractivity contribution < 1.29 is 4.39 Å². The first-order chi connectivity index (χ1) is 11.2. The van der Waals surface area contributed by atoms with Crippen LogP contribution in [-0.4, -0.2) is 0 Å². The zero-order chi connectivity index (χ0) is 16.7. The first kappa shape index (κ1) is 16.9. The predicted octanol–water partition coefficient (Wildman–Crippen LogP) is 5.11. The molecule has 0 saturated heterocycles. The second-order valence-corrected chi connectivity index (χ2v) is 5.85. The number of benzene rings is 2. The van der Waals surface area contributed by atoms with Gasteiger partial charge in [0, 0.05) is 16.8 Å². The lowest BCUT2D eigenvalue weighted by Gasteiger charge is -2.09. The van der Waals surface area contributed by atoms with Crippen molar-refractivity contribution in [2.24, 2.45) is 0 Å². The Morgan fingerprint density at radius 2 is 1.91 bits per heavy atom. The second-order valence-electron chi connectivity index (χ2n) is 4.42. The van der Waals surface area contributed by atoms with Crippen LogP contribution in [0, 0.1) is 28.5 Å². The Morgan fingerprint density at radius 3 is 2.65 bits per heavy atom. The van der Waals surface area contributed by atoms with E-state index in [0.29, 0.717) is 11.3 Å². The van der Waals surface area contributed by atoms with Gasteiger partial charge in [0.25, 0.3) is 0 Å². The second kappa shape index (κ2) is 8.24. The molecular formula is C17H11ClFN3S. The fourth-order valence-corrected chi connectivity index (χ4v) is 2.95. The molecule has 3 nitrogen and oxygen atoms in total. The van der Waals surface area contributed by atoms with Crippen molar-refractivity contribution in [3.05, 3.63) is 70.6 Å². The van der Waals surface area contributed by atoms with E-state index in [1.54, 1.807) is 24.3 Å². The fraction of sp³-hybridized carbons (Fsp3) is 0.0588. The molecule has 0 unspecified atom stereocenters. The third-order valence-electron chi connectivity index (χ3n) is 2.91. The van der Waals surface area contributed by atoms with Crippen LogP contribution in [0.1, 0.15) is 5.56 Å². The van der Waals surface area contributed by atoms with E-state index in [4.69, 9.17) is 22.1 Å². The lowest BCUT2D eigenvalue weighted by Crippen LogP contribution is -1.93. The van der Waals surface area contributed by atoms with E-state index < -0.39 is 5.82 Å². The van der Waals surface area contributed by atoms with Crippen LogP contribution in [0.2, 0.25) is 5.02 Å². The van der Waals surface area contributed by atoms with Gasteiger partial charge in [-0.1, -0.05) is 35.9 Å². The molecule has 0 aliphatic carbocycles. The SMILES string of the molecule is N#CC(C#N)=CNc1ccccc1SCc1cccc(Cl)c1F. The van der Waals surface area contributed by atoms with Crippen LogP contribution in [0.3, 0.4) is 0 Å². The first-order valence-electron chi connectivity index (χ1n) is 6.57. The number of nitriles is 2. The van der Waals surface area contributed by atoms with Crippen molar-refractivity contribution in [3.8, 4) is 12.1 Å². The lowest BCUT2D eigenvalue weighted by molar-refractivity contribution is 0.618. The summed E-state index contributed by atoms with van der Waals surface area (Å²) in [4.78, 5) is 0.873. The highest BCUT2D eigenvalue weighted by atomic mass is 35.5. The summed E-state index contributed by atoms with van der Waals surface area (Å²) in [6.45, 7) is 0. The van der Waals surface area contributed by atoms with Gasteiger partial charge < -0.3 is 5.32 Å². The first-order valence-corrected chi connectivity index (χ1v) is 7.93. The minimum atomic E-state index is -0.414. The van der Waals surface area contributed by atoms with Gasteiger partial charge in [0.1, 0.15) is 23.5 Å². The molecule has 0 saturated carbocycles. The molecule has 2 aromatic carbocycles. The van der Waals surface area contributed by atoms with E-state index in [9.17, 15) is 4.39 Å². The smallest absolute Gasteiger partial charge is 0.145 e. The summed E-state index contributed by atoms with van der Waals surface area (Å²) in [6.07, 6.45) is 1.35. The summed E-state index contributed by atoms with van der Waals surface area (Å²) in [5.74, 6) is 0.00118. The molecule has 0 aromatic heterocycles. The minimum absolute atomic E-state index is 0.0225. The van der Waals surface area contributed by atoms with Crippen LogP contribution in [0.15, 0.2) is 59.1 Å². The number of hydrogen-bond acceptors (Lipinski definition) is 4. The molecule has 114 valence electrons. The number of anilines is 1. The molecule has 23 heavy (non-hydrogen) atoms. The zero-order valence-electron chi connectivity index (χ0n) is 11.9. The van der Waals surface area contributed by atoms with Crippen molar-refractivity contribution >= 4 is 29.1 Å². The van der Waals surface area contributed by atoms with E-state index in [1.165, 1.54) is 24.0 Å². The van der Waals surface area contributed by atoms with Gasteiger partial charge in [-0.05, 0) is 23.8 Å². The minimum Gasteiger partial charge on any atom is -0.359 e. The number of nitrogens with zero attached hydrogens (tertiary/aromatic N) is 2. The summed E-state index contributed by atoms with van der Waals surface area (Å²) in [7, 11) is 0. The maximum absolute atomic E-state index is 13.9. The van der Waals surface area contributed by atoms with Gasteiger partial charge in [0.2, 0.25) is 0 Å². The van der Waals surface area contributed by atoms with E-state index in [2.05, 4.69) is 5.32 Å². The maximum atomic E-state index is 13.9. The topological polar surface area (TPSA) is 59.6 Å². The highest BCUT2D eigenvalue weighted by Crippen LogP contribution is 2.31. The average molecular weight is 344 g/mol. The molecule has 0 spiro atoms. The van der Waals surface area contributed by atoms with E-state index in [-0.39, 0.29) is 10.6 Å². The van der Waals surface area contributed by atoms with Gasteiger partial charge in [-0.3, -0.25) is 0 Å². The molecule has 1 N–H and O–H groups in total. The van der Waals surface area contributed by atoms with Crippen LogP contribution in [0.5, 0.6) is 0 Å². The van der Waals surface area contributed by atoms with Crippen molar-refractivity contribution in [2.75, 3.05) is 5.32 Å². The third kappa shape index (κ3) is 4.50. The highest BCUT2D eigenvalue weighted by molar-refractivity contribution is 7.98. The number of halogens is 2. The highest BCUT2D eigenvalue weighted by Gasteiger charge is 2.08. The van der Waals surface area contributed by atoms with Crippen molar-refractivity contribution in [2.45, 2.75) is 10.6 Å². The predicted molar refractivity (Wildman–Crippen MR) is 90.3 cm³/mol. The molecule has 2 aromatic rings. The number of para-hydroxylation sites is 1. The van der Waals surface area contributed by atoms with Crippen molar-refractivity contribution in [3.63, 3.8) is 0 Å². The summed E-state index contributed by atoms with van der Waals surface area (Å²) in [5.41, 5.74) is 1.23. The Kier molecular flexibility index (Phi) is 6.05. The Balaban J connectivity index is 2.15. The van der Waals surface area contributed by atoms with Crippen molar-refractivity contribution in [1.82, 2.24) is 0 Å². The van der Waals surface area contributed by atoms with Gasteiger partial charge in [0.05, 0.1) is 10.7 Å². The molecule has 0 bridgehead atoms. The Hall–Kier alpha value is -2.47. The number of rotatable bonds is 5. The molecule has 0 aliphatic rings. The van der Waals surface area contributed by atoms with Crippen molar-refractivity contribution in [1.29, 1.82) is 10.5 Å². The molecule has 0 amide bonds. The van der Waals surface area contributed by atoms with Crippen LogP contribution >= 0.6 is 23.4 Å². The standard InChI is InChI=1S/C17H11ClFN3S/c18-14-5-3-4-13(17(14)19)11-23-16-7-2-1-6-15(16)22-10-12(8-20)9-21/h1-7,10,22H,11H2. The van der Waals surface area contributed by atoms with Crippen LogP contribution in [0.4, 0.5) is 10.1 Å². The molecular weight excluding hydrogens is 333 g/mol. The summed E-state index contributed by atoms with van der Waals surface area (Å²) >= 11 is 7.21. The molecule has 0 atom stereocenters. The molecule has 0 heterocycles. The summed E-state index contributed by atoms with van der Waals surface area (Å²) in [5, 5.41) is 20.5. The van der Waals surface area contributed by atoms with Gasteiger partial charge in [-0.15, -0.1) is 11.8 Å². The number of hydrogen-bond donors (Lipinski definition) is 1. The molecule has 6 heteroatoms. The summed E-state index contributed by atoms with van der Waals surface area (Å²) < 4.78 is 13.9. The van der Waals surface area contributed by atoms with E-state index in [0.717, 1.165) is 10.6 Å². The Labute approximate surface area is 143 Å². The molecule has 0 radical (unpaired) electrons. The fourth-order valence-electron chi connectivity index (χ4n) is 1.77. The monoisotopic (exact) mass is 343 g/mol. The van der Waals surface area contributed by atoms with Gasteiger partial charge in [0.15, 0.2) is 0 Å². The zero-order valence-corrected chi connectivity index (χ0v) is 13.5. The van der Waals surface area contributed by atoms with E-state index in [1.807, 2.05) is 24.3 Å². The van der Waals surface area contributed by atoms with Crippen LogP contribution in [0.25, 0.3) is 0 Å². The summed E-state index contributed by atoms with van der Waals surface area (Å²) in [6, 6.07) is 15.9. The number of allylic oxidation sites excluding steroid dienone is 1. The van der Waals surface area contributed by atoms with Gasteiger partial charge >= 0.3 is 0 Å². The Bertz CT molecular complexity index is 805. The van der Waals surface area contributed by atoms with Gasteiger partial charge in [-0.2, -0.15) is 10.5 Å². The average Bonchev–Trinajstić information content (AvgIpc) is 2.58. The van der Waals surface area contributed by atoms with Crippen LogP contribution < -0.4 is 5.32 Å².